The van der Waals surface area contributed by atoms with Crippen molar-refractivity contribution in [1.82, 2.24) is 5.32 Å². The second-order valence-electron chi connectivity index (χ2n) is 5.06. The van der Waals surface area contributed by atoms with Crippen LogP contribution in [0.15, 0.2) is 16.8 Å². The van der Waals surface area contributed by atoms with Crippen LogP contribution in [-0.4, -0.2) is 16.8 Å². The Bertz CT molecular complexity index is 369. The van der Waals surface area contributed by atoms with Gasteiger partial charge in [0.05, 0.1) is 11.1 Å². The quantitative estimate of drug-likeness (QED) is 0.844. The molecule has 0 unspecified atom stereocenters. The highest BCUT2D eigenvalue weighted by molar-refractivity contribution is 9.09. The Morgan fingerprint density at radius 1 is 1.59 bits per heavy atom. The Kier molecular flexibility index (Phi) is 4.26. The Balaban J connectivity index is 2.02. The molecule has 2 nitrogen and oxygen atoms in total. The summed E-state index contributed by atoms with van der Waals surface area (Å²) in [5.74, 6) is 0.862. The molecule has 1 saturated carbocycles. The molecule has 4 heteroatoms. The van der Waals surface area contributed by atoms with Gasteiger partial charge in [0, 0.05) is 10.7 Å². The van der Waals surface area contributed by atoms with E-state index in [0.717, 1.165) is 29.7 Å². The molecule has 94 valence electrons. The monoisotopic (exact) mass is 315 g/mol. The van der Waals surface area contributed by atoms with Crippen molar-refractivity contribution in [3.8, 4) is 0 Å². The van der Waals surface area contributed by atoms with Crippen LogP contribution >= 0.6 is 27.3 Å². The first-order valence-corrected chi connectivity index (χ1v) is 8.12. The summed E-state index contributed by atoms with van der Waals surface area (Å²) in [6.07, 6.45) is 4.57. The summed E-state index contributed by atoms with van der Waals surface area (Å²) in [7, 11) is 0. The Hall–Kier alpha value is -0.350. The molecule has 0 radical (unpaired) electrons. The number of amides is 1. The average Bonchev–Trinajstić information content (AvgIpc) is 2.86. The van der Waals surface area contributed by atoms with Crippen LogP contribution in [0.25, 0.3) is 0 Å². The fourth-order valence-corrected chi connectivity index (χ4v) is 3.65. The molecule has 17 heavy (non-hydrogen) atoms. The topological polar surface area (TPSA) is 29.1 Å². The van der Waals surface area contributed by atoms with Crippen molar-refractivity contribution in [3.05, 3.63) is 22.4 Å². The molecule has 1 aromatic rings. The van der Waals surface area contributed by atoms with E-state index in [1.807, 2.05) is 16.8 Å². The summed E-state index contributed by atoms with van der Waals surface area (Å²) in [4.78, 5) is 12.1. The van der Waals surface area contributed by atoms with Crippen molar-refractivity contribution in [2.24, 2.45) is 5.92 Å². The number of carbonyl (C=O) groups is 1. The summed E-state index contributed by atoms with van der Waals surface area (Å²) < 4.78 is 0. The summed E-state index contributed by atoms with van der Waals surface area (Å²) in [6, 6.07) is 1.88. The van der Waals surface area contributed by atoms with E-state index in [9.17, 15) is 4.79 Å². The lowest BCUT2D eigenvalue weighted by molar-refractivity contribution is 0.0875. The molecule has 1 aromatic heterocycles. The minimum absolute atomic E-state index is 0.0362. The van der Waals surface area contributed by atoms with Crippen LogP contribution in [0.5, 0.6) is 0 Å². The van der Waals surface area contributed by atoms with Crippen molar-refractivity contribution in [3.63, 3.8) is 0 Å². The molecule has 0 aliphatic heterocycles. The summed E-state index contributed by atoms with van der Waals surface area (Å²) in [5, 5.41) is 7.92. The Morgan fingerprint density at radius 3 is 2.82 bits per heavy atom. The summed E-state index contributed by atoms with van der Waals surface area (Å²) in [5.41, 5.74) is 0.750. The zero-order valence-corrected chi connectivity index (χ0v) is 12.4. The third-order valence-electron chi connectivity index (χ3n) is 3.65. The van der Waals surface area contributed by atoms with Gasteiger partial charge in [-0.05, 0) is 43.0 Å². The molecule has 1 aliphatic carbocycles. The van der Waals surface area contributed by atoms with Crippen LogP contribution in [-0.2, 0) is 0 Å². The highest BCUT2D eigenvalue weighted by Gasteiger charge is 2.34. The van der Waals surface area contributed by atoms with Gasteiger partial charge in [0.15, 0.2) is 0 Å². The number of hydrogen-bond donors (Lipinski definition) is 1. The van der Waals surface area contributed by atoms with E-state index in [2.05, 4.69) is 28.2 Å². The molecular weight excluding hydrogens is 298 g/mol. The van der Waals surface area contributed by atoms with Crippen LogP contribution in [0.4, 0.5) is 0 Å². The second kappa shape index (κ2) is 5.53. The van der Waals surface area contributed by atoms with Gasteiger partial charge >= 0.3 is 0 Å². The third kappa shape index (κ3) is 3.10. The second-order valence-corrected chi connectivity index (χ2v) is 6.40. The smallest absolute Gasteiger partial charge is 0.252 e. The fraction of sp³-hybridized carbons (Fsp3) is 0.615. The van der Waals surface area contributed by atoms with E-state index in [1.54, 1.807) is 11.3 Å². The average molecular weight is 316 g/mol. The lowest BCUT2D eigenvalue weighted by atomic mass is 9.78. The van der Waals surface area contributed by atoms with E-state index in [4.69, 9.17) is 0 Å². The number of nitrogens with one attached hydrogen (secondary N) is 1. The predicted octanol–water partition coefficient (Wildman–Crippen LogP) is 3.82. The van der Waals surface area contributed by atoms with Gasteiger partial charge in [0.25, 0.3) is 5.91 Å². The molecule has 0 bridgehead atoms. The van der Waals surface area contributed by atoms with Crippen LogP contribution in [0.1, 0.15) is 43.0 Å². The van der Waals surface area contributed by atoms with Crippen LogP contribution < -0.4 is 5.32 Å². The number of alkyl halides is 1. The normalized spacial score (nSPS) is 28.9. The van der Waals surface area contributed by atoms with Crippen molar-refractivity contribution in [2.75, 3.05) is 5.33 Å². The van der Waals surface area contributed by atoms with Gasteiger partial charge in [-0.25, -0.2) is 0 Å². The number of rotatable bonds is 3. The Labute approximate surface area is 115 Å². The van der Waals surface area contributed by atoms with E-state index in [1.165, 1.54) is 12.8 Å². The molecule has 0 saturated heterocycles. The van der Waals surface area contributed by atoms with Gasteiger partial charge in [-0.3, -0.25) is 4.79 Å². The van der Waals surface area contributed by atoms with Crippen molar-refractivity contribution >= 4 is 33.2 Å². The van der Waals surface area contributed by atoms with Crippen LogP contribution in [0, 0.1) is 5.92 Å². The van der Waals surface area contributed by atoms with Gasteiger partial charge < -0.3 is 5.32 Å². The molecule has 1 N–H and O–H groups in total. The maximum absolute atomic E-state index is 12.1. The maximum Gasteiger partial charge on any atom is 0.252 e. The highest BCUT2D eigenvalue weighted by Crippen LogP contribution is 2.33. The van der Waals surface area contributed by atoms with Crippen LogP contribution in [0.3, 0.4) is 0 Å². The van der Waals surface area contributed by atoms with Crippen LogP contribution in [0.2, 0.25) is 0 Å². The van der Waals surface area contributed by atoms with E-state index < -0.39 is 0 Å². The SMILES string of the molecule is CC1CCC(CBr)(NC(=O)c2ccsc2)CC1. The standard InChI is InChI=1S/C13H18BrNOS/c1-10-2-5-13(9-14,6-3-10)15-12(16)11-4-7-17-8-11/h4,7-8,10H,2-3,5-6,9H2,1H3,(H,15,16). The van der Waals surface area contributed by atoms with Gasteiger partial charge in [-0.15, -0.1) is 0 Å². The molecular formula is C13H18BrNOS. The fourth-order valence-electron chi connectivity index (χ4n) is 2.31. The van der Waals surface area contributed by atoms with Crippen molar-refractivity contribution in [1.29, 1.82) is 0 Å². The minimum atomic E-state index is -0.0362. The molecule has 0 spiro atoms. The Morgan fingerprint density at radius 2 is 2.29 bits per heavy atom. The molecule has 1 amide bonds. The first kappa shape index (κ1) is 13.1. The zero-order valence-electron chi connectivity index (χ0n) is 10.0. The third-order valence-corrected chi connectivity index (χ3v) is 5.41. The highest BCUT2D eigenvalue weighted by atomic mass is 79.9. The number of carbonyl (C=O) groups excluding carboxylic acids is 1. The molecule has 1 fully saturated rings. The summed E-state index contributed by atoms with van der Waals surface area (Å²) >= 11 is 5.13. The number of halogens is 1. The van der Waals surface area contributed by atoms with Crippen molar-refractivity contribution < 1.29 is 4.79 Å². The molecule has 0 aromatic carbocycles. The van der Waals surface area contributed by atoms with E-state index in [-0.39, 0.29) is 11.4 Å². The number of hydrogen-bond acceptors (Lipinski definition) is 2. The largest absolute Gasteiger partial charge is 0.346 e. The van der Waals surface area contributed by atoms with Gasteiger partial charge in [-0.2, -0.15) is 11.3 Å². The molecule has 1 aliphatic rings. The van der Waals surface area contributed by atoms with E-state index in [0.29, 0.717) is 0 Å². The minimum Gasteiger partial charge on any atom is -0.346 e. The molecule has 0 atom stereocenters. The van der Waals surface area contributed by atoms with Gasteiger partial charge in [-0.1, -0.05) is 22.9 Å². The predicted molar refractivity (Wildman–Crippen MR) is 75.9 cm³/mol. The van der Waals surface area contributed by atoms with E-state index >= 15 is 0 Å². The molecule has 1 heterocycles. The summed E-state index contributed by atoms with van der Waals surface area (Å²) in [6.45, 7) is 2.29. The van der Waals surface area contributed by atoms with Gasteiger partial charge in [0.2, 0.25) is 0 Å². The zero-order chi connectivity index (χ0) is 12.3. The first-order valence-electron chi connectivity index (χ1n) is 6.06. The van der Waals surface area contributed by atoms with Gasteiger partial charge in [0.1, 0.15) is 0 Å². The first-order chi connectivity index (χ1) is 8.15. The molecule has 2 rings (SSSR count). The lowest BCUT2D eigenvalue weighted by Crippen LogP contribution is -2.51. The van der Waals surface area contributed by atoms with Crippen molar-refractivity contribution in [2.45, 2.75) is 38.1 Å². The lowest BCUT2D eigenvalue weighted by Gasteiger charge is -2.38. The maximum atomic E-state index is 12.1. The number of thiophene rings is 1.